The molecule has 1 amide bonds. The van der Waals surface area contributed by atoms with Crippen molar-refractivity contribution in [1.29, 1.82) is 0 Å². The number of carbonyl (C=O) groups is 1. The first-order valence-electron chi connectivity index (χ1n) is 10.5. The maximum Gasteiger partial charge on any atom is 0.272 e. The molecule has 11 heteroatoms. The Morgan fingerprint density at radius 1 is 1.15 bits per heavy atom. The SMILES string of the molecule is CCn1c(SCC(=O)Nc2nc(-c3ccc(C)c([N+](=O)[O-])c3)cs2)nnc1-c1ccc(C)cc1. The summed E-state index contributed by atoms with van der Waals surface area (Å²) >= 11 is 2.57. The number of aryl methyl sites for hydroxylation is 2. The molecule has 2 aromatic heterocycles. The second-order valence-corrected chi connectivity index (χ2v) is 9.35. The Morgan fingerprint density at radius 2 is 1.88 bits per heavy atom. The molecule has 1 N–H and O–H groups in total. The second-order valence-electron chi connectivity index (χ2n) is 7.55. The number of thiazole rings is 1. The number of thioether (sulfide) groups is 1. The zero-order chi connectivity index (χ0) is 24.2. The molecular weight excluding hydrogens is 472 g/mol. The zero-order valence-corrected chi connectivity index (χ0v) is 20.4. The van der Waals surface area contributed by atoms with E-state index in [1.54, 1.807) is 24.4 Å². The smallest absolute Gasteiger partial charge is 0.272 e. The van der Waals surface area contributed by atoms with Gasteiger partial charge in [-0.2, -0.15) is 0 Å². The van der Waals surface area contributed by atoms with Gasteiger partial charge in [-0.1, -0.05) is 53.7 Å². The van der Waals surface area contributed by atoms with Crippen molar-refractivity contribution in [3.8, 4) is 22.6 Å². The standard InChI is InChI=1S/C23H22N6O3S2/c1-4-28-21(16-8-5-14(2)6-9-16)26-27-23(28)34-13-20(30)25-22-24-18(12-33-22)17-10-7-15(3)19(11-17)29(31)32/h5-12H,4,13H2,1-3H3,(H,24,25,30). The number of nitro benzene ring substituents is 1. The first-order valence-corrected chi connectivity index (χ1v) is 12.4. The Labute approximate surface area is 204 Å². The van der Waals surface area contributed by atoms with E-state index < -0.39 is 4.92 Å². The fraction of sp³-hybridized carbons (Fsp3) is 0.217. The van der Waals surface area contributed by atoms with Crippen LogP contribution in [0.5, 0.6) is 0 Å². The van der Waals surface area contributed by atoms with E-state index >= 15 is 0 Å². The first-order chi connectivity index (χ1) is 16.4. The summed E-state index contributed by atoms with van der Waals surface area (Å²) in [6.07, 6.45) is 0. The van der Waals surface area contributed by atoms with Crippen LogP contribution in [0.3, 0.4) is 0 Å². The van der Waals surface area contributed by atoms with Crippen LogP contribution in [0, 0.1) is 24.0 Å². The molecule has 0 spiro atoms. The molecule has 0 aliphatic carbocycles. The van der Waals surface area contributed by atoms with Gasteiger partial charge < -0.3 is 9.88 Å². The van der Waals surface area contributed by atoms with E-state index in [0.717, 1.165) is 11.4 Å². The van der Waals surface area contributed by atoms with Crippen molar-refractivity contribution in [2.45, 2.75) is 32.5 Å². The number of hydrogen-bond donors (Lipinski definition) is 1. The summed E-state index contributed by atoms with van der Waals surface area (Å²) in [6, 6.07) is 13.0. The highest BCUT2D eigenvalue weighted by atomic mass is 32.2. The van der Waals surface area contributed by atoms with Crippen molar-refractivity contribution < 1.29 is 9.72 Å². The number of nitro groups is 1. The molecule has 4 aromatic rings. The van der Waals surface area contributed by atoms with Gasteiger partial charge in [-0.05, 0) is 20.8 Å². The molecule has 0 aliphatic rings. The van der Waals surface area contributed by atoms with Crippen LogP contribution in [0.4, 0.5) is 10.8 Å². The summed E-state index contributed by atoms with van der Waals surface area (Å²) in [6.45, 7) is 6.41. The van der Waals surface area contributed by atoms with E-state index in [4.69, 9.17) is 0 Å². The fourth-order valence-electron chi connectivity index (χ4n) is 3.31. The average molecular weight is 495 g/mol. The summed E-state index contributed by atoms with van der Waals surface area (Å²) in [5.41, 5.74) is 3.97. The Hall–Kier alpha value is -3.57. The van der Waals surface area contributed by atoms with Gasteiger partial charge in [-0.3, -0.25) is 14.9 Å². The van der Waals surface area contributed by atoms with Crippen molar-refractivity contribution in [3.63, 3.8) is 0 Å². The number of anilines is 1. The summed E-state index contributed by atoms with van der Waals surface area (Å²) in [5, 5.41) is 25.4. The topological polar surface area (TPSA) is 116 Å². The molecular formula is C23H22N6O3S2. The number of hydrogen-bond acceptors (Lipinski definition) is 8. The number of carbonyl (C=O) groups excluding carboxylic acids is 1. The van der Waals surface area contributed by atoms with Gasteiger partial charge in [0.2, 0.25) is 5.91 Å². The molecule has 0 bridgehead atoms. The summed E-state index contributed by atoms with van der Waals surface area (Å²) in [5.74, 6) is 0.697. The summed E-state index contributed by atoms with van der Waals surface area (Å²) in [7, 11) is 0. The van der Waals surface area contributed by atoms with Gasteiger partial charge in [0.1, 0.15) is 0 Å². The average Bonchev–Trinajstić information content (AvgIpc) is 3.45. The third-order valence-corrected chi connectivity index (χ3v) is 6.85. The van der Waals surface area contributed by atoms with Crippen LogP contribution in [-0.4, -0.2) is 36.3 Å². The minimum absolute atomic E-state index is 0.0394. The minimum atomic E-state index is -0.412. The zero-order valence-electron chi connectivity index (χ0n) is 18.8. The molecule has 2 aromatic carbocycles. The molecule has 0 atom stereocenters. The number of amides is 1. The van der Waals surface area contributed by atoms with E-state index in [2.05, 4.69) is 20.5 Å². The summed E-state index contributed by atoms with van der Waals surface area (Å²) in [4.78, 5) is 27.7. The number of benzene rings is 2. The van der Waals surface area contributed by atoms with Gasteiger partial charge in [-0.25, -0.2) is 4.98 Å². The third-order valence-electron chi connectivity index (χ3n) is 5.13. The van der Waals surface area contributed by atoms with Crippen LogP contribution in [0.15, 0.2) is 53.0 Å². The normalized spacial score (nSPS) is 10.9. The van der Waals surface area contributed by atoms with Gasteiger partial charge in [-0.15, -0.1) is 21.5 Å². The van der Waals surface area contributed by atoms with E-state index in [-0.39, 0.29) is 17.3 Å². The highest BCUT2D eigenvalue weighted by Crippen LogP contribution is 2.30. The lowest BCUT2D eigenvalue weighted by atomic mass is 10.1. The number of rotatable bonds is 8. The maximum absolute atomic E-state index is 12.5. The predicted molar refractivity (Wildman–Crippen MR) is 134 cm³/mol. The van der Waals surface area contributed by atoms with E-state index in [9.17, 15) is 14.9 Å². The Bertz CT molecular complexity index is 1350. The van der Waals surface area contributed by atoms with Crippen LogP contribution >= 0.6 is 23.1 Å². The number of aromatic nitrogens is 4. The minimum Gasteiger partial charge on any atom is -0.302 e. The second kappa shape index (κ2) is 10.1. The molecule has 0 radical (unpaired) electrons. The number of nitrogens with one attached hydrogen (secondary N) is 1. The van der Waals surface area contributed by atoms with Gasteiger partial charge in [0.15, 0.2) is 16.1 Å². The largest absolute Gasteiger partial charge is 0.302 e. The molecule has 174 valence electrons. The van der Waals surface area contributed by atoms with Crippen molar-refractivity contribution in [2.24, 2.45) is 0 Å². The van der Waals surface area contributed by atoms with Crippen LogP contribution in [-0.2, 0) is 11.3 Å². The monoisotopic (exact) mass is 494 g/mol. The van der Waals surface area contributed by atoms with Crippen molar-refractivity contribution in [3.05, 3.63) is 69.1 Å². The van der Waals surface area contributed by atoms with Crippen molar-refractivity contribution >= 4 is 39.8 Å². The highest BCUT2D eigenvalue weighted by Gasteiger charge is 2.17. The lowest BCUT2D eigenvalue weighted by Crippen LogP contribution is -2.14. The maximum atomic E-state index is 12.5. The molecule has 4 rings (SSSR count). The Kier molecular flexibility index (Phi) is 7.03. The predicted octanol–water partition coefficient (Wildman–Crippen LogP) is 5.34. The molecule has 2 heterocycles. The molecule has 9 nitrogen and oxygen atoms in total. The van der Waals surface area contributed by atoms with E-state index in [1.165, 1.54) is 34.7 Å². The van der Waals surface area contributed by atoms with Crippen molar-refractivity contribution in [2.75, 3.05) is 11.1 Å². The van der Waals surface area contributed by atoms with E-state index in [1.807, 2.05) is 42.7 Å². The number of nitrogens with zero attached hydrogens (tertiary/aromatic N) is 5. The molecule has 34 heavy (non-hydrogen) atoms. The quantitative estimate of drug-likeness (QED) is 0.199. The molecule has 0 fully saturated rings. The Balaban J connectivity index is 1.41. The van der Waals surface area contributed by atoms with Crippen LogP contribution in [0.2, 0.25) is 0 Å². The van der Waals surface area contributed by atoms with E-state index in [0.29, 0.717) is 33.7 Å². The van der Waals surface area contributed by atoms with Gasteiger partial charge in [0.05, 0.1) is 16.4 Å². The van der Waals surface area contributed by atoms with Crippen molar-refractivity contribution in [1.82, 2.24) is 19.7 Å². The molecule has 0 saturated carbocycles. The van der Waals surface area contributed by atoms with Crippen LogP contribution in [0.25, 0.3) is 22.6 Å². The third kappa shape index (κ3) is 5.15. The molecule has 0 aliphatic heterocycles. The van der Waals surface area contributed by atoms with Gasteiger partial charge in [0.25, 0.3) is 5.69 Å². The van der Waals surface area contributed by atoms with Gasteiger partial charge >= 0.3 is 0 Å². The van der Waals surface area contributed by atoms with Crippen LogP contribution < -0.4 is 5.32 Å². The fourth-order valence-corrected chi connectivity index (χ4v) is 4.85. The molecule has 0 saturated heterocycles. The Morgan fingerprint density at radius 3 is 2.59 bits per heavy atom. The summed E-state index contributed by atoms with van der Waals surface area (Å²) < 4.78 is 1.98. The lowest BCUT2D eigenvalue weighted by Gasteiger charge is -2.07. The highest BCUT2D eigenvalue weighted by molar-refractivity contribution is 7.99. The lowest BCUT2D eigenvalue weighted by molar-refractivity contribution is -0.385. The first kappa shape index (κ1) is 23.6. The molecule has 0 unspecified atom stereocenters. The van der Waals surface area contributed by atoms with Crippen LogP contribution in [0.1, 0.15) is 18.1 Å². The van der Waals surface area contributed by atoms with Gasteiger partial charge in [0, 0.05) is 34.7 Å².